The summed E-state index contributed by atoms with van der Waals surface area (Å²) in [7, 11) is 0. The number of amides is 2. The number of hydrogen-bond acceptors (Lipinski definition) is 5. The van der Waals surface area contributed by atoms with Gasteiger partial charge in [-0.25, -0.2) is 4.98 Å². The normalized spacial score (nSPS) is 23.7. The van der Waals surface area contributed by atoms with Gasteiger partial charge >= 0.3 is 0 Å². The predicted octanol–water partition coefficient (Wildman–Crippen LogP) is 4.26. The molecule has 1 fully saturated rings. The number of fused-ring (bicyclic) bond motifs is 4. The molecule has 1 saturated carbocycles. The highest BCUT2D eigenvalue weighted by Crippen LogP contribution is 2.41. The summed E-state index contributed by atoms with van der Waals surface area (Å²) in [5.74, 6) is 2.06. The molecule has 33 heavy (non-hydrogen) atoms. The first kappa shape index (κ1) is 20.1. The molecule has 0 unspecified atom stereocenters. The molecule has 0 radical (unpaired) electrons. The van der Waals surface area contributed by atoms with Gasteiger partial charge in [0.1, 0.15) is 6.04 Å². The first-order valence-electron chi connectivity index (χ1n) is 11.6. The Balaban J connectivity index is 1.31. The maximum absolute atomic E-state index is 13.7. The Kier molecular flexibility index (Phi) is 4.74. The van der Waals surface area contributed by atoms with Crippen LogP contribution in [-0.2, 0) is 9.59 Å². The van der Waals surface area contributed by atoms with E-state index in [0.717, 1.165) is 30.3 Å². The van der Waals surface area contributed by atoms with E-state index in [-0.39, 0.29) is 31.1 Å². The number of hydrogen-bond donors (Lipinski definition) is 1. The Morgan fingerprint density at radius 1 is 1.12 bits per heavy atom. The molecular weight excluding hydrogens is 420 g/mol. The molecule has 0 spiro atoms. The number of para-hydroxylation sites is 2. The molecule has 3 atom stereocenters. The van der Waals surface area contributed by atoms with Crippen LogP contribution in [0.25, 0.3) is 11.0 Å². The second-order valence-electron chi connectivity index (χ2n) is 9.14. The van der Waals surface area contributed by atoms with E-state index < -0.39 is 6.04 Å². The zero-order valence-corrected chi connectivity index (χ0v) is 18.5. The Bertz CT molecular complexity index is 1250. The van der Waals surface area contributed by atoms with Crippen LogP contribution in [0.2, 0.25) is 0 Å². The van der Waals surface area contributed by atoms with E-state index in [9.17, 15) is 9.59 Å². The summed E-state index contributed by atoms with van der Waals surface area (Å²) in [6, 6.07) is 12.6. The lowest BCUT2D eigenvalue weighted by molar-refractivity contribution is -0.125. The Morgan fingerprint density at radius 2 is 1.94 bits per heavy atom. The van der Waals surface area contributed by atoms with Crippen LogP contribution < -0.4 is 19.7 Å². The fourth-order valence-corrected chi connectivity index (χ4v) is 5.41. The third kappa shape index (κ3) is 3.32. The van der Waals surface area contributed by atoms with Crippen molar-refractivity contribution in [1.82, 2.24) is 9.55 Å². The molecule has 2 aliphatic heterocycles. The number of benzene rings is 2. The Morgan fingerprint density at radius 3 is 2.82 bits per heavy atom. The molecule has 3 aliphatic rings. The number of ether oxygens (including phenoxy) is 2. The number of carbonyl (C=O) groups excluding carboxylic acids is 2. The molecule has 3 aromatic rings. The number of rotatable bonds is 4. The van der Waals surface area contributed by atoms with Crippen molar-refractivity contribution in [3.05, 3.63) is 42.5 Å². The molecule has 170 valence electrons. The predicted molar refractivity (Wildman–Crippen MR) is 123 cm³/mol. The molecule has 8 nitrogen and oxygen atoms in total. The minimum atomic E-state index is -0.615. The van der Waals surface area contributed by atoms with Crippen LogP contribution >= 0.6 is 0 Å². The maximum atomic E-state index is 13.7. The van der Waals surface area contributed by atoms with Gasteiger partial charge < -0.3 is 14.8 Å². The van der Waals surface area contributed by atoms with Gasteiger partial charge in [-0.1, -0.05) is 31.9 Å². The molecule has 0 saturated heterocycles. The zero-order valence-electron chi connectivity index (χ0n) is 18.5. The van der Waals surface area contributed by atoms with Crippen molar-refractivity contribution in [2.45, 2.75) is 51.1 Å². The number of aromatic nitrogens is 2. The van der Waals surface area contributed by atoms with Gasteiger partial charge in [-0.2, -0.15) is 0 Å². The fourth-order valence-electron chi connectivity index (χ4n) is 5.41. The molecule has 6 rings (SSSR count). The lowest BCUT2D eigenvalue weighted by atomic mass is 9.85. The monoisotopic (exact) mass is 446 g/mol. The van der Waals surface area contributed by atoms with Gasteiger partial charge in [0.25, 0.3) is 5.91 Å². The van der Waals surface area contributed by atoms with Gasteiger partial charge in [-0.15, -0.1) is 0 Å². The average molecular weight is 447 g/mol. The zero-order chi connectivity index (χ0) is 22.5. The molecule has 1 aliphatic carbocycles. The summed E-state index contributed by atoms with van der Waals surface area (Å²) in [6.45, 7) is 2.39. The summed E-state index contributed by atoms with van der Waals surface area (Å²) < 4.78 is 12.7. The Labute approximate surface area is 191 Å². The van der Waals surface area contributed by atoms with Gasteiger partial charge in [0.05, 0.1) is 17.5 Å². The quantitative estimate of drug-likeness (QED) is 0.647. The van der Waals surface area contributed by atoms with Gasteiger partial charge in [-0.05, 0) is 43.0 Å². The second kappa shape index (κ2) is 7.79. The lowest BCUT2D eigenvalue weighted by Gasteiger charge is -2.35. The molecular formula is C25H26N4O4. The number of anilines is 2. The van der Waals surface area contributed by atoms with E-state index in [1.54, 1.807) is 18.2 Å². The van der Waals surface area contributed by atoms with Crippen molar-refractivity contribution >= 4 is 34.5 Å². The number of carbonyl (C=O) groups is 2. The third-order valence-corrected chi connectivity index (χ3v) is 7.06. The van der Waals surface area contributed by atoms with Gasteiger partial charge in [0.15, 0.2) is 11.5 Å². The summed E-state index contributed by atoms with van der Waals surface area (Å²) in [6.07, 6.45) is 4.40. The van der Waals surface area contributed by atoms with Gasteiger partial charge in [-0.3, -0.25) is 19.1 Å². The largest absolute Gasteiger partial charge is 0.454 e. The highest BCUT2D eigenvalue weighted by atomic mass is 16.7. The van der Waals surface area contributed by atoms with Crippen molar-refractivity contribution < 1.29 is 19.1 Å². The van der Waals surface area contributed by atoms with E-state index in [0.29, 0.717) is 29.1 Å². The molecule has 2 aromatic carbocycles. The van der Waals surface area contributed by atoms with Crippen molar-refractivity contribution in [3.8, 4) is 11.5 Å². The van der Waals surface area contributed by atoms with Crippen molar-refractivity contribution in [2.24, 2.45) is 5.92 Å². The molecule has 2 amide bonds. The van der Waals surface area contributed by atoms with Gasteiger partial charge in [0.2, 0.25) is 18.6 Å². The van der Waals surface area contributed by atoms with Crippen molar-refractivity contribution in [1.29, 1.82) is 0 Å². The summed E-state index contributed by atoms with van der Waals surface area (Å²) in [4.78, 5) is 33.4. The first-order chi connectivity index (χ1) is 16.1. The SMILES string of the molecule is C[C@@H]1CCCC[C@H]1N1C(=O)[C@H](CC(=O)Nc2ccc3c(c2)OCO3)n2c1nc1ccccc12. The van der Waals surface area contributed by atoms with Crippen LogP contribution in [0, 0.1) is 5.92 Å². The van der Waals surface area contributed by atoms with E-state index in [4.69, 9.17) is 14.5 Å². The number of imidazole rings is 1. The van der Waals surface area contributed by atoms with Crippen LogP contribution in [-0.4, -0.2) is 34.2 Å². The van der Waals surface area contributed by atoms with Crippen molar-refractivity contribution in [3.63, 3.8) is 0 Å². The molecule has 1 N–H and O–H groups in total. The van der Waals surface area contributed by atoms with E-state index in [1.165, 1.54) is 6.42 Å². The van der Waals surface area contributed by atoms with E-state index in [2.05, 4.69) is 12.2 Å². The van der Waals surface area contributed by atoms with E-state index >= 15 is 0 Å². The number of nitrogens with one attached hydrogen (secondary N) is 1. The minimum absolute atomic E-state index is 0.0390. The van der Waals surface area contributed by atoms with Crippen molar-refractivity contribution in [2.75, 3.05) is 17.0 Å². The highest BCUT2D eigenvalue weighted by molar-refractivity contribution is 6.05. The Hall–Kier alpha value is -3.55. The standard InChI is InChI=1S/C25H26N4O4/c1-15-6-2-4-8-18(15)29-24(31)20(28-19-9-5-3-7-17(19)27-25(28)29)13-23(30)26-16-10-11-21-22(12-16)33-14-32-21/h3,5,7,9-12,15,18,20H,2,4,6,8,13-14H2,1H3,(H,26,30)/t15-,18-,20+/m1/s1. The molecule has 8 heteroatoms. The summed E-state index contributed by atoms with van der Waals surface area (Å²) >= 11 is 0. The van der Waals surface area contributed by atoms with Crippen LogP contribution in [0.1, 0.15) is 45.1 Å². The third-order valence-electron chi connectivity index (χ3n) is 7.06. The van der Waals surface area contributed by atoms with Crippen LogP contribution in [0.5, 0.6) is 11.5 Å². The lowest BCUT2D eigenvalue weighted by Crippen LogP contribution is -2.44. The smallest absolute Gasteiger partial charge is 0.253 e. The fraction of sp³-hybridized carbons (Fsp3) is 0.400. The average Bonchev–Trinajstić information content (AvgIpc) is 3.49. The minimum Gasteiger partial charge on any atom is -0.454 e. The van der Waals surface area contributed by atoms with E-state index in [1.807, 2.05) is 33.7 Å². The molecule has 3 heterocycles. The highest BCUT2D eigenvalue weighted by Gasteiger charge is 2.45. The summed E-state index contributed by atoms with van der Waals surface area (Å²) in [5.41, 5.74) is 2.34. The molecule has 1 aromatic heterocycles. The van der Waals surface area contributed by atoms with Crippen LogP contribution in [0.4, 0.5) is 11.6 Å². The first-order valence-corrected chi connectivity index (χ1v) is 11.6. The van der Waals surface area contributed by atoms with Gasteiger partial charge in [0, 0.05) is 17.8 Å². The topological polar surface area (TPSA) is 85.7 Å². The molecule has 0 bridgehead atoms. The van der Waals surface area contributed by atoms with Crippen LogP contribution in [0.3, 0.4) is 0 Å². The second-order valence-corrected chi connectivity index (χ2v) is 9.14. The maximum Gasteiger partial charge on any atom is 0.253 e. The number of nitrogens with zero attached hydrogens (tertiary/aromatic N) is 3. The summed E-state index contributed by atoms with van der Waals surface area (Å²) in [5, 5.41) is 2.91. The van der Waals surface area contributed by atoms with Crippen LogP contribution in [0.15, 0.2) is 42.5 Å².